The van der Waals surface area contributed by atoms with E-state index in [9.17, 15) is 0 Å². The van der Waals surface area contributed by atoms with Crippen LogP contribution in [0.5, 0.6) is 0 Å². The van der Waals surface area contributed by atoms with E-state index in [0.717, 1.165) is 24.6 Å². The van der Waals surface area contributed by atoms with Crippen molar-refractivity contribution in [3.05, 3.63) is 18.0 Å². The largest absolute Gasteiger partial charge is 0.337 e. The van der Waals surface area contributed by atoms with E-state index in [2.05, 4.69) is 34.0 Å². The maximum absolute atomic E-state index is 4.42. The number of hydrogen-bond acceptors (Lipinski definition) is 4. The molecular formula is C13H22N4. The molecule has 1 aliphatic rings. The van der Waals surface area contributed by atoms with Crippen molar-refractivity contribution in [3.63, 3.8) is 0 Å². The standard InChI is InChI=1S/C13H22N4/c1-10(2)14-9-12-5-4-6-17(12)13-15-7-11(3)8-16-13/h7-8,10,12,14H,4-6,9H2,1-3H3. The van der Waals surface area contributed by atoms with E-state index < -0.39 is 0 Å². The monoisotopic (exact) mass is 234 g/mol. The minimum atomic E-state index is 0.538. The quantitative estimate of drug-likeness (QED) is 0.861. The van der Waals surface area contributed by atoms with E-state index in [-0.39, 0.29) is 0 Å². The van der Waals surface area contributed by atoms with Gasteiger partial charge in [0, 0.05) is 37.6 Å². The molecule has 2 heterocycles. The average Bonchev–Trinajstić information content (AvgIpc) is 2.75. The molecule has 94 valence electrons. The van der Waals surface area contributed by atoms with Gasteiger partial charge in [-0.2, -0.15) is 0 Å². The van der Waals surface area contributed by atoms with Gasteiger partial charge in [0.1, 0.15) is 0 Å². The molecule has 1 aliphatic heterocycles. The summed E-state index contributed by atoms with van der Waals surface area (Å²) >= 11 is 0. The van der Waals surface area contributed by atoms with Crippen LogP contribution in [-0.2, 0) is 0 Å². The lowest BCUT2D eigenvalue weighted by Crippen LogP contribution is -2.41. The first-order chi connectivity index (χ1) is 8.16. The highest BCUT2D eigenvalue weighted by Gasteiger charge is 2.26. The third-order valence-corrected chi connectivity index (χ3v) is 3.16. The summed E-state index contributed by atoms with van der Waals surface area (Å²) in [6, 6.07) is 1.08. The molecule has 0 aliphatic carbocycles. The predicted molar refractivity (Wildman–Crippen MR) is 70.3 cm³/mol. The maximum atomic E-state index is 4.42. The molecule has 4 nitrogen and oxygen atoms in total. The number of hydrogen-bond donors (Lipinski definition) is 1. The third-order valence-electron chi connectivity index (χ3n) is 3.16. The van der Waals surface area contributed by atoms with Gasteiger partial charge in [0.05, 0.1) is 0 Å². The normalized spacial score (nSPS) is 20.2. The lowest BCUT2D eigenvalue weighted by atomic mass is 10.2. The number of anilines is 1. The van der Waals surface area contributed by atoms with Gasteiger partial charge in [-0.3, -0.25) is 0 Å². The number of nitrogens with zero attached hydrogens (tertiary/aromatic N) is 3. The molecule has 0 radical (unpaired) electrons. The lowest BCUT2D eigenvalue weighted by molar-refractivity contribution is 0.520. The van der Waals surface area contributed by atoms with Crippen molar-refractivity contribution in [2.45, 2.75) is 45.7 Å². The first-order valence-corrected chi connectivity index (χ1v) is 6.45. The van der Waals surface area contributed by atoms with Gasteiger partial charge in [-0.25, -0.2) is 9.97 Å². The molecule has 1 aromatic rings. The lowest BCUT2D eigenvalue weighted by Gasteiger charge is -2.25. The predicted octanol–water partition coefficient (Wildman–Crippen LogP) is 1.75. The molecule has 0 spiro atoms. The van der Waals surface area contributed by atoms with Gasteiger partial charge >= 0.3 is 0 Å². The van der Waals surface area contributed by atoms with E-state index in [1.54, 1.807) is 0 Å². The average molecular weight is 234 g/mol. The second kappa shape index (κ2) is 5.45. The molecule has 0 saturated carbocycles. The zero-order valence-electron chi connectivity index (χ0n) is 11.0. The minimum Gasteiger partial charge on any atom is -0.337 e. The Hall–Kier alpha value is -1.16. The topological polar surface area (TPSA) is 41.1 Å². The van der Waals surface area contributed by atoms with Gasteiger partial charge in [0.25, 0.3) is 0 Å². The summed E-state index contributed by atoms with van der Waals surface area (Å²) in [5, 5.41) is 3.50. The van der Waals surface area contributed by atoms with Crippen molar-refractivity contribution in [3.8, 4) is 0 Å². The van der Waals surface area contributed by atoms with E-state index in [1.165, 1.54) is 12.8 Å². The molecule has 4 heteroatoms. The molecule has 1 N–H and O–H groups in total. The summed E-state index contributed by atoms with van der Waals surface area (Å²) in [6.07, 6.45) is 6.26. The van der Waals surface area contributed by atoms with Gasteiger partial charge < -0.3 is 10.2 Å². The molecule has 0 bridgehead atoms. The molecule has 1 aromatic heterocycles. The fourth-order valence-corrected chi connectivity index (χ4v) is 2.22. The first-order valence-electron chi connectivity index (χ1n) is 6.45. The summed E-state index contributed by atoms with van der Waals surface area (Å²) in [6.45, 7) is 8.48. The van der Waals surface area contributed by atoms with E-state index >= 15 is 0 Å². The van der Waals surface area contributed by atoms with Crippen LogP contribution in [-0.4, -0.2) is 35.1 Å². The van der Waals surface area contributed by atoms with Crippen molar-refractivity contribution < 1.29 is 0 Å². The molecule has 1 unspecified atom stereocenters. The van der Waals surface area contributed by atoms with Crippen LogP contribution in [0.4, 0.5) is 5.95 Å². The second-order valence-electron chi connectivity index (χ2n) is 5.11. The highest BCUT2D eigenvalue weighted by atomic mass is 15.3. The molecule has 1 fully saturated rings. The Morgan fingerprint density at radius 3 is 2.76 bits per heavy atom. The van der Waals surface area contributed by atoms with E-state index in [1.807, 2.05) is 19.3 Å². The zero-order valence-corrected chi connectivity index (χ0v) is 11.0. The summed E-state index contributed by atoms with van der Waals surface area (Å²) in [4.78, 5) is 11.2. The molecule has 2 rings (SSSR count). The molecular weight excluding hydrogens is 212 g/mol. The summed E-state index contributed by atoms with van der Waals surface area (Å²) in [5.74, 6) is 0.878. The van der Waals surface area contributed by atoms with Crippen LogP contribution in [0.25, 0.3) is 0 Å². The number of nitrogens with one attached hydrogen (secondary N) is 1. The van der Waals surface area contributed by atoms with Crippen molar-refractivity contribution in [1.29, 1.82) is 0 Å². The zero-order chi connectivity index (χ0) is 12.3. The summed E-state index contributed by atoms with van der Waals surface area (Å²) in [7, 11) is 0. The van der Waals surface area contributed by atoms with E-state index in [4.69, 9.17) is 0 Å². The molecule has 0 amide bonds. The number of rotatable bonds is 4. The number of aromatic nitrogens is 2. The van der Waals surface area contributed by atoms with Crippen LogP contribution in [0.15, 0.2) is 12.4 Å². The van der Waals surface area contributed by atoms with Crippen LogP contribution < -0.4 is 10.2 Å². The Morgan fingerprint density at radius 2 is 2.12 bits per heavy atom. The third kappa shape index (κ3) is 3.16. The smallest absolute Gasteiger partial charge is 0.225 e. The van der Waals surface area contributed by atoms with Gasteiger partial charge in [0.2, 0.25) is 5.95 Å². The molecule has 0 aromatic carbocycles. The van der Waals surface area contributed by atoms with Gasteiger partial charge in [0.15, 0.2) is 0 Å². The Labute approximate surface area is 103 Å². The Morgan fingerprint density at radius 1 is 1.41 bits per heavy atom. The first kappa shape index (κ1) is 12.3. The highest BCUT2D eigenvalue weighted by molar-refractivity contribution is 5.33. The van der Waals surface area contributed by atoms with Crippen molar-refractivity contribution in [2.75, 3.05) is 18.0 Å². The maximum Gasteiger partial charge on any atom is 0.225 e. The Kier molecular flexibility index (Phi) is 3.94. The van der Waals surface area contributed by atoms with Gasteiger partial charge in [-0.05, 0) is 25.3 Å². The van der Waals surface area contributed by atoms with Crippen molar-refractivity contribution in [1.82, 2.24) is 15.3 Å². The van der Waals surface area contributed by atoms with Crippen molar-refractivity contribution in [2.24, 2.45) is 0 Å². The SMILES string of the molecule is Cc1cnc(N2CCCC2CNC(C)C)nc1. The summed E-state index contributed by atoms with van der Waals surface area (Å²) in [5.41, 5.74) is 1.12. The molecule has 1 atom stereocenters. The van der Waals surface area contributed by atoms with Crippen LogP contribution in [0.1, 0.15) is 32.3 Å². The Balaban J connectivity index is 2.01. The second-order valence-corrected chi connectivity index (χ2v) is 5.11. The van der Waals surface area contributed by atoms with Gasteiger partial charge in [-0.15, -0.1) is 0 Å². The van der Waals surface area contributed by atoms with E-state index in [0.29, 0.717) is 12.1 Å². The van der Waals surface area contributed by atoms with Crippen LogP contribution in [0.2, 0.25) is 0 Å². The molecule has 17 heavy (non-hydrogen) atoms. The number of aryl methyl sites for hydroxylation is 1. The van der Waals surface area contributed by atoms with Gasteiger partial charge in [-0.1, -0.05) is 13.8 Å². The fraction of sp³-hybridized carbons (Fsp3) is 0.692. The fourth-order valence-electron chi connectivity index (χ4n) is 2.22. The highest BCUT2D eigenvalue weighted by Crippen LogP contribution is 2.21. The minimum absolute atomic E-state index is 0.538. The van der Waals surface area contributed by atoms with Crippen LogP contribution in [0.3, 0.4) is 0 Å². The Bertz CT molecular complexity index is 347. The molecule has 1 saturated heterocycles. The van der Waals surface area contributed by atoms with Crippen LogP contribution >= 0.6 is 0 Å². The van der Waals surface area contributed by atoms with Crippen molar-refractivity contribution >= 4 is 5.95 Å². The van der Waals surface area contributed by atoms with Crippen LogP contribution in [0, 0.1) is 6.92 Å². The summed E-state index contributed by atoms with van der Waals surface area (Å²) < 4.78 is 0.